The molecular formula is C18H17Cl2N3O4. The van der Waals surface area contributed by atoms with Crippen LogP contribution in [-0.4, -0.2) is 22.8 Å². The summed E-state index contributed by atoms with van der Waals surface area (Å²) < 4.78 is 0. The van der Waals surface area contributed by atoms with Crippen LogP contribution in [0.3, 0.4) is 0 Å². The van der Waals surface area contributed by atoms with Crippen LogP contribution in [0.1, 0.15) is 24.2 Å². The molecule has 7 nitrogen and oxygen atoms in total. The van der Waals surface area contributed by atoms with Crippen LogP contribution < -0.4 is 10.6 Å². The standard InChI is InChI=1S/C18H17Cl2N3O4/c1-10(2)16(22-17(24)14-7-6-11(19)8-15(14)20)18(25)21-12-4-3-5-13(9-12)23(26)27/h3-10,16H,1-2H3,(H,21,25)(H,22,24)/t16-/m0/s1. The first-order valence-corrected chi connectivity index (χ1v) is 8.76. The molecule has 2 aromatic carbocycles. The number of nitrogens with zero attached hydrogens (tertiary/aromatic N) is 1. The Balaban J connectivity index is 2.16. The number of halogens is 2. The Labute approximate surface area is 165 Å². The van der Waals surface area contributed by atoms with Crippen LogP contribution >= 0.6 is 23.2 Å². The Morgan fingerprint density at radius 3 is 2.41 bits per heavy atom. The summed E-state index contributed by atoms with van der Waals surface area (Å²) in [6.45, 7) is 3.53. The van der Waals surface area contributed by atoms with E-state index >= 15 is 0 Å². The van der Waals surface area contributed by atoms with Crippen molar-refractivity contribution in [2.24, 2.45) is 5.92 Å². The third-order valence-corrected chi connectivity index (χ3v) is 4.28. The predicted molar refractivity (Wildman–Crippen MR) is 104 cm³/mol. The van der Waals surface area contributed by atoms with E-state index in [0.717, 1.165) is 0 Å². The zero-order chi connectivity index (χ0) is 20.1. The quantitative estimate of drug-likeness (QED) is 0.548. The van der Waals surface area contributed by atoms with Crippen molar-refractivity contribution in [3.8, 4) is 0 Å². The minimum atomic E-state index is -0.872. The van der Waals surface area contributed by atoms with Gasteiger partial charge < -0.3 is 10.6 Å². The number of benzene rings is 2. The zero-order valence-electron chi connectivity index (χ0n) is 14.5. The number of carbonyl (C=O) groups is 2. The number of nitrogens with one attached hydrogen (secondary N) is 2. The Morgan fingerprint density at radius 1 is 1.11 bits per heavy atom. The number of non-ortho nitro benzene ring substituents is 1. The number of nitro benzene ring substituents is 1. The molecule has 0 saturated heterocycles. The van der Waals surface area contributed by atoms with Gasteiger partial charge in [-0.25, -0.2) is 0 Å². The maximum absolute atomic E-state index is 12.6. The molecule has 2 amide bonds. The van der Waals surface area contributed by atoms with Crippen LogP contribution in [0.25, 0.3) is 0 Å². The molecule has 2 N–H and O–H groups in total. The molecular weight excluding hydrogens is 393 g/mol. The Kier molecular flexibility index (Phi) is 6.76. The van der Waals surface area contributed by atoms with Crippen molar-refractivity contribution in [3.63, 3.8) is 0 Å². The average molecular weight is 410 g/mol. The van der Waals surface area contributed by atoms with E-state index in [0.29, 0.717) is 5.02 Å². The summed E-state index contributed by atoms with van der Waals surface area (Å²) in [4.78, 5) is 35.4. The van der Waals surface area contributed by atoms with Gasteiger partial charge in [-0.3, -0.25) is 19.7 Å². The number of anilines is 1. The second-order valence-electron chi connectivity index (χ2n) is 6.12. The largest absolute Gasteiger partial charge is 0.340 e. The number of hydrogen-bond donors (Lipinski definition) is 2. The number of rotatable bonds is 6. The lowest BCUT2D eigenvalue weighted by atomic mass is 10.0. The van der Waals surface area contributed by atoms with Gasteiger partial charge in [-0.1, -0.05) is 43.1 Å². The van der Waals surface area contributed by atoms with E-state index in [9.17, 15) is 19.7 Å². The van der Waals surface area contributed by atoms with Crippen LogP contribution in [0.15, 0.2) is 42.5 Å². The highest BCUT2D eigenvalue weighted by Crippen LogP contribution is 2.22. The molecule has 1 atom stereocenters. The van der Waals surface area contributed by atoms with Crippen LogP contribution in [0.2, 0.25) is 10.0 Å². The monoisotopic (exact) mass is 409 g/mol. The fraction of sp³-hybridized carbons (Fsp3) is 0.222. The topological polar surface area (TPSA) is 101 Å². The fourth-order valence-electron chi connectivity index (χ4n) is 2.34. The summed E-state index contributed by atoms with van der Waals surface area (Å²) in [5.41, 5.74) is 0.305. The van der Waals surface area contributed by atoms with Crippen LogP contribution in [-0.2, 0) is 4.79 Å². The Morgan fingerprint density at radius 2 is 1.81 bits per heavy atom. The fourth-order valence-corrected chi connectivity index (χ4v) is 2.84. The molecule has 0 aliphatic rings. The lowest BCUT2D eigenvalue weighted by molar-refractivity contribution is -0.384. The maximum atomic E-state index is 12.6. The van der Waals surface area contributed by atoms with Gasteiger partial charge in [0.1, 0.15) is 6.04 Å². The SMILES string of the molecule is CC(C)[C@H](NC(=O)c1ccc(Cl)cc1Cl)C(=O)Nc1cccc([N+](=O)[O-])c1. The summed E-state index contributed by atoms with van der Waals surface area (Å²) >= 11 is 11.9. The van der Waals surface area contributed by atoms with E-state index < -0.39 is 22.8 Å². The second-order valence-corrected chi connectivity index (χ2v) is 6.96. The van der Waals surface area contributed by atoms with E-state index in [1.54, 1.807) is 13.8 Å². The molecule has 0 spiro atoms. The minimum absolute atomic E-state index is 0.147. The molecule has 0 heterocycles. The highest BCUT2D eigenvalue weighted by Gasteiger charge is 2.26. The first kappa shape index (κ1) is 20.7. The van der Waals surface area contributed by atoms with Crippen molar-refractivity contribution in [1.82, 2.24) is 5.32 Å². The number of carbonyl (C=O) groups excluding carboxylic acids is 2. The van der Waals surface area contributed by atoms with E-state index in [1.165, 1.54) is 42.5 Å². The summed E-state index contributed by atoms with van der Waals surface area (Å²) in [6, 6.07) is 9.11. The van der Waals surface area contributed by atoms with Crippen molar-refractivity contribution >= 4 is 46.4 Å². The first-order valence-electron chi connectivity index (χ1n) is 8.00. The molecule has 0 radical (unpaired) electrons. The molecule has 2 rings (SSSR count). The average Bonchev–Trinajstić information content (AvgIpc) is 2.59. The van der Waals surface area contributed by atoms with Gasteiger partial charge in [-0.2, -0.15) is 0 Å². The third kappa shape index (κ3) is 5.42. The summed E-state index contributed by atoms with van der Waals surface area (Å²) in [7, 11) is 0. The van der Waals surface area contributed by atoms with Crippen LogP contribution in [0, 0.1) is 16.0 Å². The van der Waals surface area contributed by atoms with Gasteiger partial charge in [0.25, 0.3) is 11.6 Å². The molecule has 0 fully saturated rings. The van der Waals surface area contributed by atoms with E-state index in [4.69, 9.17) is 23.2 Å². The third-order valence-electron chi connectivity index (χ3n) is 3.74. The van der Waals surface area contributed by atoms with E-state index in [2.05, 4.69) is 10.6 Å². The number of amides is 2. The molecule has 0 saturated carbocycles. The van der Waals surface area contributed by atoms with Crippen LogP contribution in [0.4, 0.5) is 11.4 Å². The smallest absolute Gasteiger partial charge is 0.271 e. The molecule has 0 bridgehead atoms. The Hall–Kier alpha value is -2.64. The Bertz CT molecular complexity index is 887. The molecule has 0 aliphatic carbocycles. The van der Waals surface area contributed by atoms with Crippen molar-refractivity contribution in [1.29, 1.82) is 0 Å². The van der Waals surface area contributed by atoms with Gasteiger partial charge in [0.05, 0.1) is 15.5 Å². The van der Waals surface area contributed by atoms with Crippen LogP contribution in [0.5, 0.6) is 0 Å². The van der Waals surface area contributed by atoms with Gasteiger partial charge in [0, 0.05) is 22.8 Å². The highest BCUT2D eigenvalue weighted by molar-refractivity contribution is 6.36. The lowest BCUT2D eigenvalue weighted by Gasteiger charge is -2.22. The lowest BCUT2D eigenvalue weighted by Crippen LogP contribution is -2.47. The highest BCUT2D eigenvalue weighted by atomic mass is 35.5. The van der Waals surface area contributed by atoms with Gasteiger partial charge in [0.2, 0.25) is 5.91 Å². The second kappa shape index (κ2) is 8.83. The van der Waals surface area contributed by atoms with Gasteiger partial charge in [0.15, 0.2) is 0 Å². The molecule has 142 valence electrons. The van der Waals surface area contributed by atoms with Gasteiger partial charge >= 0.3 is 0 Å². The summed E-state index contributed by atoms with van der Waals surface area (Å²) in [5, 5.41) is 16.6. The number of nitro groups is 1. The van der Waals surface area contributed by atoms with Gasteiger partial charge in [-0.05, 0) is 30.2 Å². The van der Waals surface area contributed by atoms with Crippen molar-refractivity contribution < 1.29 is 14.5 Å². The molecule has 27 heavy (non-hydrogen) atoms. The first-order chi connectivity index (χ1) is 12.7. The van der Waals surface area contributed by atoms with E-state index in [-0.39, 0.29) is 27.9 Å². The van der Waals surface area contributed by atoms with Crippen molar-refractivity contribution in [2.75, 3.05) is 5.32 Å². The van der Waals surface area contributed by atoms with E-state index in [1.807, 2.05) is 0 Å². The van der Waals surface area contributed by atoms with Gasteiger partial charge in [-0.15, -0.1) is 0 Å². The molecule has 2 aromatic rings. The molecule has 0 aliphatic heterocycles. The minimum Gasteiger partial charge on any atom is -0.340 e. The summed E-state index contributed by atoms with van der Waals surface area (Å²) in [6.07, 6.45) is 0. The predicted octanol–water partition coefficient (Wildman–Crippen LogP) is 4.29. The maximum Gasteiger partial charge on any atom is 0.271 e. The number of hydrogen-bond acceptors (Lipinski definition) is 4. The molecule has 0 unspecified atom stereocenters. The van der Waals surface area contributed by atoms with Crippen molar-refractivity contribution in [2.45, 2.75) is 19.9 Å². The normalized spacial score (nSPS) is 11.7. The summed E-state index contributed by atoms with van der Waals surface area (Å²) in [5.74, 6) is -1.26. The molecule has 0 aromatic heterocycles. The van der Waals surface area contributed by atoms with Crippen molar-refractivity contribution in [3.05, 3.63) is 68.2 Å². The zero-order valence-corrected chi connectivity index (χ0v) is 16.0. The molecule has 9 heteroatoms.